The molecule has 1 aliphatic rings. The van der Waals surface area contributed by atoms with Crippen LogP contribution in [-0.2, 0) is 4.79 Å². The molecule has 3 nitrogen and oxygen atoms in total. The minimum Gasteiger partial charge on any atom is -0.303 e. The Bertz CT molecular complexity index is 286. The molecule has 0 aromatic heterocycles. The maximum atomic E-state index is 10.1. The van der Waals surface area contributed by atoms with Gasteiger partial charge in [0.1, 0.15) is 6.29 Å². The Morgan fingerprint density at radius 2 is 2.54 bits per heavy atom. The Kier molecular flexibility index (Phi) is 3.41. The number of rotatable bonds is 3. The highest BCUT2D eigenvalue weighted by atomic mass is 16.1. The van der Waals surface area contributed by atoms with Crippen molar-refractivity contribution in [3.8, 4) is 6.07 Å². The molecule has 1 aliphatic carbocycles. The fraction of sp³-hybridized carbons (Fsp3) is 0.400. The van der Waals surface area contributed by atoms with Crippen molar-refractivity contribution in [2.24, 2.45) is 5.92 Å². The fourth-order valence-corrected chi connectivity index (χ4v) is 1.34. The first-order valence-electron chi connectivity index (χ1n) is 4.25. The van der Waals surface area contributed by atoms with Crippen LogP contribution in [0.25, 0.3) is 0 Å². The average molecular weight is 176 g/mol. The lowest BCUT2D eigenvalue weighted by molar-refractivity contribution is -0.107. The molecule has 0 aliphatic heterocycles. The molecule has 1 rings (SSSR count). The topological polar surface area (TPSA) is 52.9 Å². The maximum Gasteiger partial charge on any atom is 0.133 e. The van der Waals surface area contributed by atoms with E-state index in [2.05, 4.69) is 11.4 Å². The lowest BCUT2D eigenvalue weighted by Crippen LogP contribution is -2.34. The van der Waals surface area contributed by atoms with Crippen LogP contribution >= 0.6 is 0 Å². The second-order valence-electron chi connectivity index (χ2n) is 3.05. The highest BCUT2D eigenvalue weighted by Crippen LogP contribution is 2.15. The molecule has 0 bridgehead atoms. The molecule has 0 spiro atoms. The highest BCUT2D eigenvalue weighted by molar-refractivity contribution is 5.52. The summed E-state index contributed by atoms with van der Waals surface area (Å²) in [5, 5.41) is 11.7. The van der Waals surface area contributed by atoms with E-state index in [0.29, 0.717) is 12.1 Å². The minimum absolute atomic E-state index is 0.169. The molecule has 0 saturated heterocycles. The van der Waals surface area contributed by atoms with Gasteiger partial charge in [-0.2, -0.15) is 5.26 Å². The van der Waals surface area contributed by atoms with Gasteiger partial charge >= 0.3 is 0 Å². The van der Waals surface area contributed by atoms with Crippen LogP contribution in [0.4, 0.5) is 0 Å². The number of hydrogen-bond donors (Lipinski definition) is 1. The lowest BCUT2D eigenvalue weighted by Gasteiger charge is -2.21. The van der Waals surface area contributed by atoms with Gasteiger partial charge in [-0.1, -0.05) is 19.1 Å². The van der Waals surface area contributed by atoms with Gasteiger partial charge in [-0.05, 0) is 12.0 Å². The van der Waals surface area contributed by atoms with Crippen LogP contribution in [0.15, 0.2) is 23.8 Å². The zero-order valence-electron chi connectivity index (χ0n) is 7.53. The highest BCUT2D eigenvalue weighted by Gasteiger charge is 2.15. The summed E-state index contributed by atoms with van der Waals surface area (Å²) in [6.07, 6.45) is 6.45. The summed E-state index contributed by atoms with van der Waals surface area (Å²) in [5.41, 5.74) is 0.691. The van der Waals surface area contributed by atoms with E-state index in [0.717, 1.165) is 6.29 Å². The van der Waals surface area contributed by atoms with Gasteiger partial charge in [0, 0.05) is 11.6 Å². The normalized spacial score (nSPS) is 26.3. The van der Waals surface area contributed by atoms with Gasteiger partial charge in [-0.3, -0.25) is 0 Å². The predicted octanol–water partition coefficient (Wildman–Crippen LogP) is 0.799. The summed E-state index contributed by atoms with van der Waals surface area (Å²) in [7, 11) is 0. The average Bonchev–Trinajstić information content (AvgIpc) is 2.16. The van der Waals surface area contributed by atoms with Crippen molar-refractivity contribution in [3.05, 3.63) is 23.8 Å². The number of nitrogens with zero attached hydrogens (tertiary/aromatic N) is 1. The molecular weight excluding hydrogens is 164 g/mol. The molecule has 2 atom stereocenters. The smallest absolute Gasteiger partial charge is 0.133 e. The van der Waals surface area contributed by atoms with Crippen molar-refractivity contribution in [2.75, 3.05) is 6.54 Å². The van der Waals surface area contributed by atoms with E-state index in [1.165, 1.54) is 0 Å². The molecule has 1 N–H and O–H groups in total. The third-order valence-corrected chi connectivity index (χ3v) is 2.06. The molecule has 0 saturated carbocycles. The minimum atomic E-state index is 0.169. The van der Waals surface area contributed by atoms with Gasteiger partial charge in [0.2, 0.25) is 0 Å². The molecule has 0 aromatic carbocycles. The first-order valence-corrected chi connectivity index (χ1v) is 4.25. The maximum absolute atomic E-state index is 10.1. The molecule has 0 aromatic rings. The third kappa shape index (κ3) is 2.53. The van der Waals surface area contributed by atoms with Gasteiger partial charge in [0.15, 0.2) is 0 Å². The molecule has 3 heteroatoms. The van der Waals surface area contributed by atoms with Crippen molar-refractivity contribution in [1.29, 1.82) is 5.26 Å². The van der Waals surface area contributed by atoms with Gasteiger partial charge in [0.05, 0.1) is 12.6 Å². The lowest BCUT2D eigenvalue weighted by atomic mass is 9.93. The molecular formula is C10H12N2O. The summed E-state index contributed by atoms with van der Waals surface area (Å²) < 4.78 is 0. The molecule has 68 valence electrons. The van der Waals surface area contributed by atoms with Gasteiger partial charge in [0.25, 0.3) is 0 Å². The number of hydrogen-bond acceptors (Lipinski definition) is 3. The summed E-state index contributed by atoms with van der Waals surface area (Å²) in [4.78, 5) is 10.1. The van der Waals surface area contributed by atoms with Crippen molar-refractivity contribution < 1.29 is 4.79 Å². The molecule has 0 radical (unpaired) electrons. The van der Waals surface area contributed by atoms with Crippen molar-refractivity contribution in [2.45, 2.75) is 13.0 Å². The zero-order valence-corrected chi connectivity index (χ0v) is 7.53. The van der Waals surface area contributed by atoms with Gasteiger partial charge in [-0.25, -0.2) is 0 Å². The van der Waals surface area contributed by atoms with Crippen molar-refractivity contribution in [3.63, 3.8) is 0 Å². The summed E-state index contributed by atoms with van der Waals surface area (Å²) >= 11 is 0. The second-order valence-corrected chi connectivity index (χ2v) is 3.05. The first kappa shape index (κ1) is 9.69. The Labute approximate surface area is 77.7 Å². The Morgan fingerprint density at radius 1 is 1.77 bits per heavy atom. The molecule has 0 fully saturated rings. The van der Waals surface area contributed by atoms with Crippen molar-refractivity contribution >= 4 is 6.29 Å². The number of carbonyl (C=O) groups excluding carboxylic acids is 1. The van der Waals surface area contributed by atoms with E-state index < -0.39 is 0 Å². The summed E-state index contributed by atoms with van der Waals surface area (Å²) in [6.45, 7) is 2.37. The third-order valence-electron chi connectivity index (χ3n) is 2.06. The second kappa shape index (κ2) is 4.58. The van der Waals surface area contributed by atoms with E-state index in [1.54, 1.807) is 6.08 Å². The largest absolute Gasteiger partial charge is 0.303 e. The van der Waals surface area contributed by atoms with E-state index >= 15 is 0 Å². The zero-order chi connectivity index (χ0) is 9.68. The Hall–Kier alpha value is -1.40. The SMILES string of the molecule is CC1C=C(C#N)C=CC1NCC=O. The quantitative estimate of drug-likeness (QED) is 0.647. The van der Waals surface area contributed by atoms with Crippen LogP contribution in [0.2, 0.25) is 0 Å². The van der Waals surface area contributed by atoms with Crippen LogP contribution in [0, 0.1) is 17.2 Å². The van der Waals surface area contributed by atoms with Gasteiger partial charge in [-0.15, -0.1) is 0 Å². The molecule has 0 heterocycles. The number of aldehydes is 1. The van der Waals surface area contributed by atoms with Crippen LogP contribution in [0.3, 0.4) is 0 Å². The van der Waals surface area contributed by atoms with Gasteiger partial charge < -0.3 is 10.1 Å². The van der Waals surface area contributed by atoms with E-state index in [9.17, 15) is 4.79 Å². The first-order chi connectivity index (χ1) is 6.27. The van der Waals surface area contributed by atoms with Crippen LogP contribution in [-0.4, -0.2) is 18.9 Å². The number of nitriles is 1. The fourth-order valence-electron chi connectivity index (χ4n) is 1.34. The number of nitrogens with one attached hydrogen (secondary N) is 1. The van der Waals surface area contributed by atoms with E-state index in [4.69, 9.17) is 5.26 Å². The van der Waals surface area contributed by atoms with E-state index in [-0.39, 0.29) is 12.0 Å². The molecule has 0 amide bonds. The predicted molar refractivity (Wildman–Crippen MR) is 49.9 cm³/mol. The molecule has 2 unspecified atom stereocenters. The summed E-state index contributed by atoms with van der Waals surface area (Å²) in [6, 6.07) is 2.26. The Balaban J connectivity index is 2.56. The van der Waals surface area contributed by atoms with Crippen LogP contribution in [0.1, 0.15) is 6.92 Å². The number of allylic oxidation sites excluding steroid dienone is 2. The Morgan fingerprint density at radius 3 is 3.08 bits per heavy atom. The monoisotopic (exact) mass is 176 g/mol. The standard InChI is InChI=1S/C10H12N2O/c1-8-6-9(7-11)2-3-10(8)12-4-5-13/h2-3,5-6,8,10,12H,4H2,1H3. The summed E-state index contributed by atoms with van der Waals surface area (Å²) in [5.74, 6) is 0.264. The van der Waals surface area contributed by atoms with Crippen LogP contribution < -0.4 is 5.32 Å². The molecule has 13 heavy (non-hydrogen) atoms. The van der Waals surface area contributed by atoms with Crippen molar-refractivity contribution in [1.82, 2.24) is 5.32 Å². The number of carbonyl (C=O) groups is 1. The van der Waals surface area contributed by atoms with Crippen LogP contribution in [0.5, 0.6) is 0 Å². The van der Waals surface area contributed by atoms with E-state index in [1.807, 2.05) is 19.1 Å².